The predicted molar refractivity (Wildman–Crippen MR) is 79.7 cm³/mol. The molecule has 2 aromatic rings. The number of rotatable bonds is 3. The SMILES string of the molecule is O=C(N[C@H]1CCCN(c2ncc[nH]c2=O)C1)c1cscn1. The number of thiazole rings is 1. The van der Waals surface area contributed by atoms with Gasteiger partial charge in [-0.2, -0.15) is 0 Å². The Morgan fingerprint density at radius 1 is 1.48 bits per heavy atom. The molecule has 0 radical (unpaired) electrons. The molecule has 0 aromatic carbocycles. The van der Waals surface area contributed by atoms with Crippen LogP contribution < -0.4 is 15.8 Å². The van der Waals surface area contributed by atoms with Crippen LogP contribution >= 0.6 is 11.3 Å². The van der Waals surface area contributed by atoms with Gasteiger partial charge in [-0.3, -0.25) is 9.59 Å². The molecule has 0 spiro atoms. The number of hydrogen-bond donors (Lipinski definition) is 2. The molecule has 0 unspecified atom stereocenters. The van der Waals surface area contributed by atoms with E-state index in [4.69, 9.17) is 0 Å². The highest BCUT2D eigenvalue weighted by atomic mass is 32.1. The third kappa shape index (κ3) is 3.10. The molecule has 2 N–H and O–H groups in total. The van der Waals surface area contributed by atoms with Crippen LogP contribution in [0.5, 0.6) is 0 Å². The van der Waals surface area contributed by atoms with Crippen LogP contribution in [0.1, 0.15) is 23.3 Å². The van der Waals surface area contributed by atoms with E-state index in [1.54, 1.807) is 17.1 Å². The number of aromatic nitrogens is 3. The number of aromatic amines is 1. The number of anilines is 1. The van der Waals surface area contributed by atoms with Crippen LogP contribution in [0.15, 0.2) is 28.1 Å². The second-order valence-corrected chi connectivity index (χ2v) is 5.59. The molecule has 1 amide bonds. The van der Waals surface area contributed by atoms with Crippen LogP contribution in [0.2, 0.25) is 0 Å². The number of hydrogen-bond acceptors (Lipinski definition) is 6. The molecule has 0 saturated carbocycles. The topological polar surface area (TPSA) is 91.0 Å². The molecule has 8 heteroatoms. The van der Waals surface area contributed by atoms with Crippen molar-refractivity contribution in [1.82, 2.24) is 20.3 Å². The fraction of sp³-hybridized carbons (Fsp3) is 0.385. The van der Waals surface area contributed by atoms with Gasteiger partial charge in [0.2, 0.25) is 0 Å². The summed E-state index contributed by atoms with van der Waals surface area (Å²) in [6, 6.07) is -0.00523. The summed E-state index contributed by atoms with van der Waals surface area (Å²) >= 11 is 1.39. The fourth-order valence-corrected chi connectivity index (χ4v) is 2.97. The minimum absolute atomic E-state index is 0.00523. The maximum atomic E-state index is 12.0. The summed E-state index contributed by atoms with van der Waals surface area (Å²) in [6.07, 6.45) is 4.86. The van der Waals surface area contributed by atoms with Crippen molar-refractivity contribution < 1.29 is 4.79 Å². The van der Waals surface area contributed by atoms with Crippen molar-refractivity contribution in [2.45, 2.75) is 18.9 Å². The number of nitrogens with zero attached hydrogens (tertiary/aromatic N) is 3. The summed E-state index contributed by atoms with van der Waals surface area (Å²) < 4.78 is 0. The number of nitrogens with one attached hydrogen (secondary N) is 2. The van der Waals surface area contributed by atoms with Crippen molar-refractivity contribution in [3.8, 4) is 0 Å². The number of piperidine rings is 1. The van der Waals surface area contributed by atoms with E-state index in [1.807, 2.05) is 4.90 Å². The summed E-state index contributed by atoms with van der Waals surface area (Å²) in [6.45, 7) is 1.35. The maximum Gasteiger partial charge on any atom is 0.290 e. The number of H-pyrrole nitrogens is 1. The van der Waals surface area contributed by atoms with E-state index < -0.39 is 0 Å². The molecule has 3 heterocycles. The van der Waals surface area contributed by atoms with E-state index in [0.29, 0.717) is 18.1 Å². The summed E-state index contributed by atoms with van der Waals surface area (Å²) in [5, 5.41) is 4.69. The molecule has 0 aliphatic carbocycles. The predicted octanol–water partition coefficient (Wildman–Crippen LogP) is 0.625. The Hall–Kier alpha value is -2.22. The average molecular weight is 305 g/mol. The maximum absolute atomic E-state index is 12.0. The lowest BCUT2D eigenvalue weighted by Crippen LogP contribution is -2.49. The van der Waals surface area contributed by atoms with Crippen molar-refractivity contribution in [2.24, 2.45) is 0 Å². The van der Waals surface area contributed by atoms with Gasteiger partial charge in [0.25, 0.3) is 11.5 Å². The highest BCUT2D eigenvalue weighted by Crippen LogP contribution is 2.14. The highest BCUT2D eigenvalue weighted by molar-refractivity contribution is 7.07. The van der Waals surface area contributed by atoms with Gasteiger partial charge in [0.05, 0.1) is 5.51 Å². The molecule has 1 aliphatic rings. The monoisotopic (exact) mass is 305 g/mol. The van der Waals surface area contributed by atoms with Gasteiger partial charge in [0, 0.05) is 36.9 Å². The van der Waals surface area contributed by atoms with E-state index in [9.17, 15) is 9.59 Å². The van der Waals surface area contributed by atoms with Crippen molar-refractivity contribution in [3.05, 3.63) is 39.3 Å². The summed E-state index contributed by atoms with van der Waals surface area (Å²) in [5.74, 6) is 0.239. The lowest BCUT2D eigenvalue weighted by Gasteiger charge is -2.33. The van der Waals surface area contributed by atoms with Crippen LogP contribution in [-0.4, -0.2) is 40.0 Å². The standard InChI is InChI=1S/C13H15N5O2S/c19-12(10-7-21-8-16-10)17-9-2-1-5-18(6-9)11-13(20)15-4-3-14-11/h3-4,7-9H,1-2,5-6H2,(H,15,20)(H,17,19)/t9-/m0/s1. The Bertz CT molecular complexity index is 669. The third-order valence-electron chi connectivity index (χ3n) is 3.41. The first-order chi connectivity index (χ1) is 10.2. The molecular formula is C13H15N5O2S. The zero-order chi connectivity index (χ0) is 14.7. The lowest BCUT2D eigenvalue weighted by molar-refractivity contribution is 0.0928. The van der Waals surface area contributed by atoms with Crippen LogP contribution in [0.25, 0.3) is 0 Å². The van der Waals surface area contributed by atoms with E-state index in [1.165, 1.54) is 17.5 Å². The number of carbonyl (C=O) groups is 1. The first-order valence-corrected chi connectivity index (χ1v) is 7.66. The van der Waals surface area contributed by atoms with Crippen LogP contribution in [-0.2, 0) is 0 Å². The molecule has 2 aromatic heterocycles. The quantitative estimate of drug-likeness (QED) is 0.867. The van der Waals surface area contributed by atoms with Crippen LogP contribution in [0, 0.1) is 0 Å². The molecule has 3 rings (SSSR count). The summed E-state index contributed by atoms with van der Waals surface area (Å²) in [4.78, 5) is 36.4. The molecule has 1 atom stereocenters. The highest BCUT2D eigenvalue weighted by Gasteiger charge is 2.24. The normalized spacial score (nSPS) is 18.5. The third-order valence-corrected chi connectivity index (χ3v) is 4.00. The van der Waals surface area contributed by atoms with E-state index >= 15 is 0 Å². The van der Waals surface area contributed by atoms with Gasteiger partial charge >= 0.3 is 0 Å². The Morgan fingerprint density at radius 2 is 2.38 bits per heavy atom. The number of amides is 1. The fourth-order valence-electron chi connectivity index (χ4n) is 2.44. The van der Waals surface area contributed by atoms with Crippen LogP contribution in [0.3, 0.4) is 0 Å². The molecule has 1 saturated heterocycles. The average Bonchev–Trinajstić information content (AvgIpc) is 3.02. The first kappa shape index (κ1) is 13.7. The van der Waals surface area contributed by atoms with Crippen LogP contribution in [0.4, 0.5) is 5.82 Å². The number of carbonyl (C=O) groups excluding carboxylic acids is 1. The summed E-state index contributed by atoms with van der Waals surface area (Å²) in [5.41, 5.74) is 1.87. The van der Waals surface area contributed by atoms with Gasteiger partial charge in [-0.15, -0.1) is 11.3 Å². The van der Waals surface area contributed by atoms with E-state index in [0.717, 1.165) is 19.4 Å². The zero-order valence-corrected chi connectivity index (χ0v) is 12.1. The van der Waals surface area contributed by atoms with Gasteiger partial charge < -0.3 is 15.2 Å². The molecule has 1 fully saturated rings. The van der Waals surface area contributed by atoms with Crippen molar-refractivity contribution in [1.29, 1.82) is 0 Å². The second kappa shape index (κ2) is 6.04. The van der Waals surface area contributed by atoms with E-state index in [-0.39, 0.29) is 17.5 Å². The Kier molecular flexibility index (Phi) is 3.96. The van der Waals surface area contributed by atoms with Gasteiger partial charge in [-0.1, -0.05) is 0 Å². The largest absolute Gasteiger partial charge is 0.350 e. The zero-order valence-electron chi connectivity index (χ0n) is 11.3. The smallest absolute Gasteiger partial charge is 0.290 e. The molecule has 110 valence electrons. The van der Waals surface area contributed by atoms with Crippen molar-refractivity contribution >= 4 is 23.1 Å². The minimum Gasteiger partial charge on any atom is -0.350 e. The first-order valence-electron chi connectivity index (χ1n) is 6.72. The molecule has 7 nitrogen and oxygen atoms in total. The van der Waals surface area contributed by atoms with Crippen molar-refractivity contribution in [2.75, 3.05) is 18.0 Å². The molecular weight excluding hydrogens is 290 g/mol. The Balaban J connectivity index is 1.68. The minimum atomic E-state index is -0.205. The molecule has 1 aliphatic heterocycles. The van der Waals surface area contributed by atoms with Crippen molar-refractivity contribution in [3.63, 3.8) is 0 Å². The molecule has 21 heavy (non-hydrogen) atoms. The van der Waals surface area contributed by atoms with Gasteiger partial charge in [0.15, 0.2) is 5.82 Å². The lowest BCUT2D eigenvalue weighted by atomic mass is 10.1. The molecule has 0 bridgehead atoms. The summed E-state index contributed by atoms with van der Waals surface area (Å²) in [7, 11) is 0. The Labute approximate surface area is 125 Å². The van der Waals surface area contributed by atoms with Gasteiger partial charge in [-0.25, -0.2) is 9.97 Å². The van der Waals surface area contributed by atoms with Gasteiger partial charge in [-0.05, 0) is 12.8 Å². The van der Waals surface area contributed by atoms with Gasteiger partial charge in [0.1, 0.15) is 5.69 Å². The Morgan fingerprint density at radius 3 is 3.14 bits per heavy atom. The second-order valence-electron chi connectivity index (χ2n) is 4.87. The van der Waals surface area contributed by atoms with E-state index in [2.05, 4.69) is 20.3 Å².